The molecule has 16 rings (SSSR count). The molecule has 0 spiro atoms. The van der Waals surface area contributed by atoms with Crippen molar-refractivity contribution < 1.29 is 0 Å². The van der Waals surface area contributed by atoms with Crippen LogP contribution in [0.3, 0.4) is 0 Å². The van der Waals surface area contributed by atoms with Gasteiger partial charge in [-0.05, 0) is 184 Å². The van der Waals surface area contributed by atoms with Crippen LogP contribution in [0.4, 0.5) is 39.8 Å². The molecule has 16 aromatic carbocycles. The van der Waals surface area contributed by atoms with E-state index in [0.29, 0.717) is 22.4 Å². The summed E-state index contributed by atoms with van der Waals surface area (Å²) in [6, 6.07) is 110. The monoisotopic (exact) mass is 1160 g/mol. The maximum absolute atomic E-state index is 10.0. The molecule has 0 amide bonds. The largest absolute Gasteiger partial charge is 0.310 e. The molecular weight excluding hydrogens is 1100 g/mol. The van der Waals surface area contributed by atoms with E-state index in [0.717, 1.165) is 127 Å². The minimum Gasteiger partial charge on any atom is -0.310 e. The first kappa shape index (κ1) is 54.8. The average Bonchev–Trinajstić information content (AvgIpc) is 0.877. The van der Waals surface area contributed by atoms with Crippen molar-refractivity contribution in [3.8, 4) is 40.5 Å². The third-order valence-corrected chi connectivity index (χ3v) is 17.6. The fourth-order valence-electron chi connectivity index (χ4n) is 13.2. The third-order valence-electron chi connectivity index (χ3n) is 17.6. The number of aryl methyl sites for hydroxylation is 1. The normalized spacial score (nSPS) is 11.1. The van der Waals surface area contributed by atoms with Crippen LogP contribution in [-0.4, -0.2) is 0 Å². The van der Waals surface area contributed by atoms with Crippen molar-refractivity contribution >= 4 is 126 Å². The molecule has 0 aliphatic carbocycles. The Kier molecular flexibility index (Phi) is 13.9. The fraction of sp³-hybridized carbons (Fsp3) is 0.0118. The summed E-state index contributed by atoms with van der Waals surface area (Å²) >= 11 is 0. The molecule has 0 heterocycles. The first-order valence-electron chi connectivity index (χ1n) is 30.2. The topological polar surface area (TPSA) is 82.2 Å². The number of benzene rings is 16. The number of nitriles is 3. The summed E-state index contributed by atoms with van der Waals surface area (Å²) in [4.78, 5) is 8.54. The Morgan fingerprint density at radius 2 is 0.670 bits per heavy atom. The highest BCUT2D eigenvalue weighted by atomic mass is 15.1. The van der Waals surface area contributed by atoms with Gasteiger partial charge in [-0.25, -0.2) is 4.85 Å². The quantitative estimate of drug-likeness (QED) is 0.0860. The molecule has 0 fully saturated rings. The zero-order chi connectivity index (χ0) is 61.5. The van der Waals surface area contributed by atoms with Crippen LogP contribution < -0.4 is 9.80 Å². The predicted molar refractivity (Wildman–Crippen MR) is 378 cm³/mol. The van der Waals surface area contributed by atoms with Gasteiger partial charge >= 0.3 is 0 Å². The molecule has 0 saturated carbocycles. The van der Waals surface area contributed by atoms with E-state index < -0.39 is 0 Å². The van der Waals surface area contributed by atoms with Gasteiger partial charge in [0, 0.05) is 44.6 Å². The molecule has 0 unspecified atom stereocenters. The van der Waals surface area contributed by atoms with E-state index in [-0.39, 0.29) is 0 Å². The number of rotatable bonds is 8. The minimum absolute atomic E-state index is 0.431. The summed E-state index contributed by atoms with van der Waals surface area (Å²) < 4.78 is 0. The smallest absolute Gasteiger partial charge is 0.202 e. The van der Waals surface area contributed by atoms with Crippen LogP contribution in [0.1, 0.15) is 22.3 Å². The van der Waals surface area contributed by atoms with E-state index in [4.69, 9.17) is 6.57 Å². The molecule has 0 radical (unpaired) electrons. The van der Waals surface area contributed by atoms with Crippen molar-refractivity contribution in [2.24, 2.45) is 0 Å². The molecule has 6 heteroatoms. The van der Waals surface area contributed by atoms with Crippen LogP contribution in [0.2, 0.25) is 0 Å². The highest BCUT2D eigenvalue weighted by Gasteiger charge is 2.20. The molecule has 0 N–H and O–H groups in total. The van der Waals surface area contributed by atoms with Gasteiger partial charge in [0.25, 0.3) is 0 Å². The molecule has 0 aliphatic heterocycles. The zero-order valence-corrected chi connectivity index (χ0v) is 49.5. The second-order valence-electron chi connectivity index (χ2n) is 22.9. The van der Waals surface area contributed by atoms with Gasteiger partial charge in [-0.15, -0.1) is 0 Å². The first-order valence-corrected chi connectivity index (χ1v) is 30.2. The lowest BCUT2D eigenvalue weighted by Crippen LogP contribution is -2.10. The van der Waals surface area contributed by atoms with E-state index in [1.54, 1.807) is 0 Å². The minimum atomic E-state index is 0.431. The second kappa shape index (κ2) is 23.1. The lowest BCUT2D eigenvalue weighted by Gasteiger charge is -2.27. The third kappa shape index (κ3) is 9.87. The van der Waals surface area contributed by atoms with Gasteiger partial charge in [0.15, 0.2) is 0 Å². The molecule has 6 nitrogen and oxygen atoms in total. The van der Waals surface area contributed by atoms with Crippen molar-refractivity contribution in [1.82, 2.24) is 0 Å². The summed E-state index contributed by atoms with van der Waals surface area (Å²) in [5.41, 5.74) is 14.0. The van der Waals surface area contributed by atoms with Crippen LogP contribution in [0.25, 0.3) is 113 Å². The lowest BCUT2D eigenvalue weighted by molar-refractivity contribution is 1.29. The average molecular weight is 1160 g/mol. The van der Waals surface area contributed by atoms with Crippen molar-refractivity contribution in [2.75, 3.05) is 9.80 Å². The Morgan fingerprint density at radius 3 is 1.26 bits per heavy atom. The number of hydrogen-bond acceptors (Lipinski definition) is 5. The lowest BCUT2D eigenvalue weighted by atomic mass is 9.89. The maximum Gasteiger partial charge on any atom is 0.202 e. The molecular formula is C85H52N6. The van der Waals surface area contributed by atoms with Gasteiger partial charge in [0.1, 0.15) is 18.2 Å². The Labute approximate surface area is 526 Å². The van der Waals surface area contributed by atoms with Crippen LogP contribution in [0.5, 0.6) is 0 Å². The number of para-hydroxylation sites is 2. The second-order valence-corrected chi connectivity index (χ2v) is 22.9. The molecule has 422 valence electrons. The molecule has 0 bridgehead atoms. The standard InChI is InChI=1S/C43H27N3.C42H25N3/c1-28-11-19-38-40(21-28)41-25-34(16-20-39(41)43(27-45)42(38)26-44)31-12-13-33-24-37(18-15-32(33)22-31)46(35-9-3-2-4-10-35)36-17-14-29-7-5-6-8-30(29)23-36;1-44-42-38-16-8-7-15-36(38)40(27-43)37-23-21-32(26-39(37)42)29-18-19-31-25-34(22-20-30(31)24-29)45(33-12-3-2-4-13-33)41-17-9-11-28-10-5-6-14-35(28)41/h2-25H,1H3;2-26H. The number of anilines is 6. The Balaban J connectivity index is 0.000000151. The van der Waals surface area contributed by atoms with Crippen molar-refractivity contribution in [3.05, 3.63) is 331 Å². The van der Waals surface area contributed by atoms with Gasteiger partial charge in [0.2, 0.25) is 5.69 Å². The summed E-state index contributed by atoms with van der Waals surface area (Å²) in [6.45, 7) is 10.0. The molecule has 16 aromatic rings. The van der Waals surface area contributed by atoms with Crippen molar-refractivity contribution in [2.45, 2.75) is 6.92 Å². The van der Waals surface area contributed by atoms with Gasteiger partial charge in [-0.2, -0.15) is 15.8 Å². The maximum atomic E-state index is 10.0. The van der Waals surface area contributed by atoms with E-state index in [9.17, 15) is 15.8 Å². The van der Waals surface area contributed by atoms with Crippen LogP contribution in [-0.2, 0) is 0 Å². The fourth-order valence-corrected chi connectivity index (χ4v) is 13.2. The van der Waals surface area contributed by atoms with E-state index in [2.05, 4.69) is 276 Å². The van der Waals surface area contributed by atoms with E-state index in [1.165, 1.54) is 21.5 Å². The van der Waals surface area contributed by atoms with Crippen LogP contribution in [0, 0.1) is 47.5 Å². The molecule has 0 aliphatic rings. The van der Waals surface area contributed by atoms with E-state index >= 15 is 0 Å². The highest BCUT2D eigenvalue weighted by molar-refractivity contribution is 6.17. The Morgan fingerprint density at radius 1 is 0.275 bits per heavy atom. The summed E-state index contributed by atoms with van der Waals surface area (Å²) in [7, 11) is 0. The van der Waals surface area contributed by atoms with Gasteiger partial charge in [-0.1, -0.05) is 218 Å². The Hall–Kier alpha value is -12.8. The number of fused-ring (bicyclic) bond motifs is 9. The number of nitrogens with zero attached hydrogens (tertiary/aromatic N) is 6. The van der Waals surface area contributed by atoms with Crippen LogP contribution in [0.15, 0.2) is 297 Å². The highest BCUT2D eigenvalue weighted by Crippen LogP contribution is 2.44. The molecule has 0 atom stereocenters. The summed E-state index contributed by atoms with van der Waals surface area (Å²) in [6.07, 6.45) is 0. The van der Waals surface area contributed by atoms with Gasteiger partial charge in [-0.3, -0.25) is 0 Å². The van der Waals surface area contributed by atoms with Crippen LogP contribution >= 0.6 is 0 Å². The molecule has 91 heavy (non-hydrogen) atoms. The molecule has 0 saturated heterocycles. The first-order chi connectivity index (χ1) is 44.8. The van der Waals surface area contributed by atoms with Gasteiger partial charge in [0.05, 0.1) is 28.9 Å². The van der Waals surface area contributed by atoms with Crippen molar-refractivity contribution in [1.29, 1.82) is 15.8 Å². The zero-order valence-electron chi connectivity index (χ0n) is 49.5. The molecule has 0 aromatic heterocycles. The number of hydrogen-bond donors (Lipinski definition) is 0. The summed E-state index contributed by atoms with van der Waals surface area (Å²) in [5.74, 6) is 0. The van der Waals surface area contributed by atoms with E-state index in [1.807, 2.05) is 60.7 Å². The van der Waals surface area contributed by atoms with Gasteiger partial charge < -0.3 is 9.80 Å². The summed E-state index contributed by atoms with van der Waals surface area (Å²) in [5, 5.41) is 46.2. The SMILES string of the molecule is Cc1ccc2c(C#N)c(C#N)c3ccc(-c4ccc5cc(N(c6ccccc6)c6ccc7ccccc7c6)ccc5c4)cc3c2c1.[C-]#[N+]c1c2ccccc2c(C#N)c2ccc(-c3ccc4cc(N(c5ccccc5)c5cccc6ccccc56)ccc4c3)cc12. The van der Waals surface area contributed by atoms with Crippen molar-refractivity contribution in [3.63, 3.8) is 0 Å². The Bertz CT molecular complexity index is 5800. The predicted octanol–water partition coefficient (Wildman–Crippen LogP) is 23.3.